The minimum atomic E-state index is -0.647. The average Bonchev–Trinajstić information content (AvgIpc) is 3.11. The summed E-state index contributed by atoms with van der Waals surface area (Å²) >= 11 is 0. The molecule has 2 heterocycles. The molecular weight excluding hydrogens is 444 g/mol. The van der Waals surface area contributed by atoms with Crippen molar-refractivity contribution in [2.45, 2.75) is 33.2 Å². The van der Waals surface area contributed by atoms with E-state index in [2.05, 4.69) is 4.90 Å². The van der Waals surface area contributed by atoms with Gasteiger partial charge in [0.25, 0.3) is 11.7 Å². The minimum Gasteiger partial charge on any atom is -0.507 e. The van der Waals surface area contributed by atoms with Crippen molar-refractivity contribution in [2.75, 3.05) is 46.0 Å². The summed E-state index contributed by atoms with van der Waals surface area (Å²) in [6.45, 7) is 10.8. The highest BCUT2D eigenvalue weighted by Gasteiger charge is 2.45. The third-order valence-corrected chi connectivity index (χ3v) is 6.66. The van der Waals surface area contributed by atoms with Gasteiger partial charge in [-0.2, -0.15) is 0 Å². The molecule has 1 N–H and O–H groups in total. The van der Waals surface area contributed by atoms with Gasteiger partial charge in [-0.1, -0.05) is 29.8 Å². The highest BCUT2D eigenvalue weighted by molar-refractivity contribution is 6.46. The summed E-state index contributed by atoms with van der Waals surface area (Å²) in [5, 5.41) is 11.3. The zero-order valence-electron chi connectivity index (χ0n) is 20.8. The Hall–Kier alpha value is -3.16. The molecule has 0 unspecified atom stereocenters. The maximum absolute atomic E-state index is 13.2. The normalized spacial score (nSPS) is 20.4. The van der Waals surface area contributed by atoms with E-state index in [9.17, 15) is 14.7 Å². The van der Waals surface area contributed by atoms with Gasteiger partial charge in [0.1, 0.15) is 11.5 Å². The number of amides is 1. The number of aliphatic hydroxyl groups excluding tert-OH is 1. The number of likely N-dealkylation sites (tertiary alicyclic amines) is 1. The number of hydrogen-bond donors (Lipinski definition) is 1. The Morgan fingerprint density at radius 1 is 1.06 bits per heavy atom. The fraction of sp³-hybridized carbons (Fsp3) is 0.429. The zero-order chi connectivity index (χ0) is 24.9. The van der Waals surface area contributed by atoms with E-state index < -0.39 is 17.7 Å². The molecule has 7 heteroatoms. The number of nitrogens with zero attached hydrogens (tertiary/aromatic N) is 2. The van der Waals surface area contributed by atoms with Crippen LogP contribution in [0.2, 0.25) is 0 Å². The van der Waals surface area contributed by atoms with Crippen molar-refractivity contribution in [3.8, 4) is 5.75 Å². The first-order valence-electron chi connectivity index (χ1n) is 12.3. The first kappa shape index (κ1) is 24.9. The molecule has 2 saturated heterocycles. The second-order valence-electron chi connectivity index (χ2n) is 9.12. The summed E-state index contributed by atoms with van der Waals surface area (Å²) in [6, 6.07) is 12.5. The van der Waals surface area contributed by atoms with Crippen molar-refractivity contribution in [1.82, 2.24) is 9.80 Å². The predicted octanol–water partition coefficient (Wildman–Crippen LogP) is 3.85. The first-order chi connectivity index (χ1) is 16.9. The molecule has 0 bridgehead atoms. The topological polar surface area (TPSA) is 79.3 Å². The number of aliphatic hydroxyl groups is 1. The number of carbonyl (C=O) groups excluding carboxylic acids is 2. The van der Waals surface area contributed by atoms with Crippen LogP contribution in [0.25, 0.3) is 5.76 Å². The fourth-order valence-corrected chi connectivity index (χ4v) is 4.77. The van der Waals surface area contributed by atoms with Gasteiger partial charge in [-0.3, -0.25) is 14.5 Å². The maximum Gasteiger partial charge on any atom is 0.295 e. The molecule has 0 aromatic heterocycles. The van der Waals surface area contributed by atoms with Crippen LogP contribution < -0.4 is 4.74 Å². The molecule has 186 valence electrons. The lowest BCUT2D eigenvalue weighted by atomic mass is 9.94. The van der Waals surface area contributed by atoms with Gasteiger partial charge in [0.05, 0.1) is 31.4 Å². The number of aryl methyl sites for hydroxylation is 2. The van der Waals surface area contributed by atoms with Gasteiger partial charge in [-0.05, 0) is 56.5 Å². The van der Waals surface area contributed by atoms with E-state index in [0.717, 1.165) is 61.7 Å². The highest BCUT2D eigenvalue weighted by atomic mass is 16.5. The lowest BCUT2D eigenvalue weighted by Gasteiger charge is -2.29. The summed E-state index contributed by atoms with van der Waals surface area (Å²) < 4.78 is 11.0. The fourth-order valence-electron chi connectivity index (χ4n) is 4.77. The number of carbonyl (C=O) groups is 2. The standard InChI is InChI=1S/C28H34N2O5/c1-4-35-23-11-10-22(18-20(23)3)26(31)24-25(21-8-6-19(2)7-9-21)30(28(33)27(24)32)13-5-12-29-14-16-34-17-15-29/h6-11,18,25,31H,4-5,12-17H2,1-3H3/t25-/m0/s1. The minimum absolute atomic E-state index is 0.133. The zero-order valence-corrected chi connectivity index (χ0v) is 20.8. The molecule has 2 aliphatic rings. The number of rotatable bonds is 8. The van der Waals surface area contributed by atoms with Gasteiger partial charge in [0.15, 0.2) is 0 Å². The third kappa shape index (κ3) is 5.41. The summed E-state index contributed by atoms with van der Waals surface area (Å²) in [7, 11) is 0. The van der Waals surface area contributed by atoms with E-state index in [1.807, 2.05) is 45.0 Å². The molecule has 2 fully saturated rings. The van der Waals surface area contributed by atoms with Crippen molar-refractivity contribution >= 4 is 17.4 Å². The number of ether oxygens (including phenoxy) is 2. The van der Waals surface area contributed by atoms with Crippen LogP contribution in [0.3, 0.4) is 0 Å². The lowest BCUT2D eigenvalue weighted by molar-refractivity contribution is -0.140. The number of benzene rings is 2. The van der Waals surface area contributed by atoms with Crippen molar-refractivity contribution in [3.63, 3.8) is 0 Å². The molecule has 0 aliphatic carbocycles. The van der Waals surface area contributed by atoms with Gasteiger partial charge in [0.2, 0.25) is 0 Å². The summed E-state index contributed by atoms with van der Waals surface area (Å²) in [4.78, 5) is 30.3. The molecule has 2 aromatic carbocycles. The molecule has 0 radical (unpaired) electrons. The molecule has 35 heavy (non-hydrogen) atoms. The summed E-state index contributed by atoms with van der Waals surface area (Å²) in [5.74, 6) is -0.647. The van der Waals surface area contributed by atoms with E-state index >= 15 is 0 Å². The Labute approximate surface area is 206 Å². The quantitative estimate of drug-likeness (QED) is 0.353. The predicted molar refractivity (Wildman–Crippen MR) is 134 cm³/mol. The van der Waals surface area contributed by atoms with Crippen molar-refractivity contribution in [3.05, 3.63) is 70.3 Å². The summed E-state index contributed by atoms with van der Waals surface area (Å²) in [5.41, 5.74) is 3.37. The second-order valence-corrected chi connectivity index (χ2v) is 9.12. The van der Waals surface area contributed by atoms with Crippen LogP contribution in [0.4, 0.5) is 0 Å². The molecule has 2 aromatic rings. The van der Waals surface area contributed by atoms with Crippen LogP contribution in [0.1, 0.15) is 41.6 Å². The van der Waals surface area contributed by atoms with Gasteiger partial charge in [0, 0.05) is 31.7 Å². The number of hydrogen-bond acceptors (Lipinski definition) is 6. The van der Waals surface area contributed by atoms with E-state index in [1.54, 1.807) is 23.1 Å². The molecule has 1 amide bonds. The molecule has 4 rings (SSSR count). The lowest BCUT2D eigenvalue weighted by Crippen LogP contribution is -2.38. The number of ketones is 1. The Balaban J connectivity index is 1.67. The third-order valence-electron chi connectivity index (χ3n) is 6.66. The average molecular weight is 479 g/mol. The van der Waals surface area contributed by atoms with E-state index in [-0.39, 0.29) is 11.3 Å². The maximum atomic E-state index is 13.2. The van der Waals surface area contributed by atoms with Crippen LogP contribution in [0.5, 0.6) is 5.75 Å². The molecule has 2 aliphatic heterocycles. The molecular formula is C28H34N2O5. The van der Waals surface area contributed by atoms with Crippen LogP contribution in [0, 0.1) is 13.8 Å². The Bertz CT molecular complexity index is 1100. The SMILES string of the molecule is CCOc1ccc(C(O)=C2C(=O)C(=O)N(CCCN3CCOCC3)[C@H]2c2ccc(C)cc2)cc1C. The van der Waals surface area contributed by atoms with Crippen molar-refractivity contribution in [1.29, 1.82) is 0 Å². The van der Waals surface area contributed by atoms with Crippen LogP contribution in [0.15, 0.2) is 48.0 Å². The van der Waals surface area contributed by atoms with E-state index in [0.29, 0.717) is 18.7 Å². The summed E-state index contributed by atoms with van der Waals surface area (Å²) in [6.07, 6.45) is 0.734. The van der Waals surface area contributed by atoms with E-state index in [1.165, 1.54) is 0 Å². The van der Waals surface area contributed by atoms with Gasteiger partial charge < -0.3 is 19.5 Å². The highest BCUT2D eigenvalue weighted by Crippen LogP contribution is 2.40. The van der Waals surface area contributed by atoms with Gasteiger partial charge in [-0.15, -0.1) is 0 Å². The van der Waals surface area contributed by atoms with Crippen LogP contribution >= 0.6 is 0 Å². The van der Waals surface area contributed by atoms with Gasteiger partial charge >= 0.3 is 0 Å². The van der Waals surface area contributed by atoms with E-state index in [4.69, 9.17) is 9.47 Å². The van der Waals surface area contributed by atoms with Gasteiger partial charge in [-0.25, -0.2) is 0 Å². The largest absolute Gasteiger partial charge is 0.507 e. The molecule has 0 saturated carbocycles. The van der Waals surface area contributed by atoms with Crippen molar-refractivity contribution in [2.24, 2.45) is 0 Å². The molecule has 7 nitrogen and oxygen atoms in total. The monoisotopic (exact) mass is 478 g/mol. The number of morpholine rings is 1. The van der Waals surface area contributed by atoms with Crippen molar-refractivity contribution < 1.29 is 24.2 Å². The Morgan fingerprint density at radius 3 is 2.43 bits per heavy atom. The first-order valence-corrected chi connectivity index (χ1v) is 12.3. The molecule has 0 spiro atoms. The van der Waals surface area contributed by atoms with Crippen LogP contribution in [-0.4, -0.2) is 72.6 Å². The number of Topliss-reactive ketones (excluding diaryl/α,β-unsaturated/α-hetero) is 1. The Kier molecular flexibility index (Phi) is 7.88. The smallest absolute Gasteiger partial charge is 0.295 e. The van der Waals surface area contributed by atoms with Crippen LogP contribution in [-0.2, 0) is 14.3 Å². The molecule has 1 atom stereocenters. The Morgan fingerprint density at radius 2 is 1.77 bits per heavy atom. The second kappa shape index (κ2) is 11.1.